The largest absolute Gasteiger partial charge is 0.306 e. The Bertz CT molecular complexity index is 4280. The Labute approximate surface area is 382 Å². The van der Waals surface area contributed by atoms with Gasteiger partial charge in [-0.3, -0.25) is 18.1 Å². The molecule has 7 heteroatoms. The van der Waals surface area contributed by atoms with E-state index in [-0.39, 0.29) is 0 Å². The van der Waals surface area contributed by atoms with E-state index in [1.807, 2.05) is 0 Å². The van der Waals surface area contributed by atoms with Crippen LogP contribution in [0.2, 0.25) is 0 Å². The summed E-state index contributed by atoms with van der Waals surface area (Å²) < 4.78 is 11.7. The molecule has 0 fully saturated rings. The summed E-state index contributed by atoms with van der Waals surface area (Å²) >= 11 is 0. The van der Waals surface area contributed by atoms with Crippen molar-refractivity contribution in [2.24, 2.45) is 0 Å². The average molecular weight is 856 g/mol. The van der Waals surface area contributed by atoms with E-state index in [1.54, 1.807) is 0 Å². The van der Waals surface area contributed by atoms with Crippen LogP contribution in [0.3, 0.4) is 0 Å². The van der Waals surface area contributed by atoms with Crippen molar-refractivity contribution in [1.29, 1.82) is 0 Å². The van der Waals surface area contributed by atoms with Crippen LogP contribution in [0, 0.1) is 0 Å². The van der Waals surface area contributed by atoms with Crippen molar-refractivity contribution in [1.82, 2.24) is 32.6 Å². The normalized spacial score (nSPS) is 12.2. The molecular weight excluding hydrogens is 819 g/mol. The van der Waals surface area contributed by atoms with Crippen LogP contribution in [0.1, 0.15) is 0 Å². The number of para-hydroxylation sites is 9. The molecule has 0 aliphatic rings. The van der Waals surface area contributed by atoms with Gasteiger partial charge in [-0.25, -0.2) is 9.97 Å². The van der Waals surface area contributed by atoms with Gasteiger partial charge in [-0.2, -0.15) is 0 Å². The minimum absolute atomic E-state index is 0.844. The molecule has 312 valence electrons. The molecule has 6 aromatic heterocycles. The Morgan fingerprint density at radius 3 is 1.31 bits per heavy atom. The predicted molar refractivity (Wildman–Crippen MR) is 276 cm³/mol. The van der Waals surface area contributed by atoms with Gasteiger partial charge in [0.1, 0.15) is 17.2 Å². The van der Waals surface area contributed by atoms with Gasteiger partial charge >= 0.3 is 0 Å². The molecule has 0 spiro atoms. The number of hydrogen-bond acceptors (Lipinski definition) is 2. The lowest BCUT2D eigenvalue weighted by molar-refractivity contribution is 1.01. The second-order valence-corrected chi connectivity index (χ2v) is 17.4. The Morgan fingerprint density at radius 1 is 0.299 bits per heavy atom. The van der Waals surface area contributed by atoms with Gasteiger partial charge in [-0.1, -0.05) is 140 Å². The summed E-state index contributed by atoms with van der Waals surface area (Å²) in [5.74, 6) is 2.56. The summed E-state index contributed by atoms with van der Waals surface area (Å²) in [6.45, 7) is 0. The Hall–Kier alpha value is -9.20. The number of nitrogens with zero attached hydrogens (tertiary/aromatic N) is 7. The number of aromatic nitrogens is 7. The molecule has 0 aliphatic carbocycles. The Kier molecular flexibility index (Phi) is 7.37. The molecule has 0 radical (unpaired) electrons. The molecule has 6 heterocycles. The molecule has 0 N–H and O–H groups in total. The number of benzene rings is 9. The molecule has 0 bridgehead atoms. The van der Waals surface area contributed by atoms with Crippen LogP contribution in [0.4, 0.5) is 0 Å². The first-order valence-corrected chi connectivity index (χ1v) is 22.8. The fraction of sp³-hybridized carbons (Fsp3) is 0. The molecule has 9 aromatic carbocycles. The summed E-state index contributed by atoms with van der Waals surface area (Å²) in [5.41, 5.74) is 15.1. The van der Waals surface area contributed by atoms with Crippen molar-refractivity contribution in [3.63, 3.8) is 0 Å². The Morgan fingerprint density at radius 2 is 0.746 bits per heavy atom. The fourth-order valence-electron chi connectivity index (χ4n) is 11.1. The van der Waals surface area contributed by atoms with Crippen molar-refractivity contribution < 1.29 is 0 Å². The first kappa shape index (κ1) is 36.2. The molecule has 67 heavy (non-hydrogen) atoms. The Balaban J connectivity index is 1.06. The number of hydrogen-bond donors (Lipinski definition) is 0. The highest BCUT2D eigenvalue weighted by molar-refractivity contribution is 6.19. The van der Waals surface area contributed by atoms with Crippen LogP contribution in [-0.4, -0.2) is 32.6 Å². The van der Waals surface area contributed by atoms with E-state index in [2.05, 4.69) is 247 Å². The maximum absolute atomic E-state index is 5.66. The summed E-state index contributed by atoms with van der Waals surface area (Å²) in [5, 5.41) is 7.10. The lowest BCUT2D eigenvalue weighted by atomic mass is 10.0. The highest BCUT2D eigenvalue weighted by atomic mass is 15.2. The quantitative estimate of drug-likeness (QED) is 0.173. The van der Waals surface area contributed by atoms with Gasteiger partial charge in [-0.15, -0.1) is 0 Å². The van der Waals surface area contributed by atoms with Crippen molar-refractivity contribution in [2.45, 2.75) is 0 Å². The van der Waals surface area contributed by atoms with E-state index >= 15 is 0 Å². The van der Waals surface area contributed by atoms with E-state index in [0.717, 1.165) is 100 Å². The van der Waals surface area contributed by atoms with Crippen LogP contribution in [0.5, 0.6) is 0 Å². The van der Waals surface area contributed by atoms with Gasteiger partial charge < -0.3 is 4.57 Å². The van der Waals surface area contributed by atoms with Gasteiger partial charge in [0, 0.05) is 43.6 Å². The molecule has 7 nitrogen and oxygen atoms in total. The van der Waals surface area contributed by atoms with Crippen molar-refractivity contribution in [2.75, 3.05) is 0 Å². The van der Waals surface area contributed by atoms with E-state index < -0.39 is 0 Å². The van der Waals surface area contributed by atoms with E-state index in [4.69, 9.17) is 9.97 Å². The third-order valence-corrected chi connectivity index (χ3v) is 13.9. The minimum atomic E-state index is 0.844. The summed E-state index contributed by atoms with van der Waals surface area (Å²) in [6.07, 6.45) is 0. The molecule has 0 aliphatic heterocycles. The van der Waals surface area contributed by atoms with Crippen molar-refractivity contribution >= 4 is 93.3 Å². The van der Waals surface area contributed by atoms with Crippen LogP contribution < -0.4 is 0 Å². The zero-order chi connectivity index (χ0) is 43.7. The van der Waals surface area contributed by atoms with Gasteiger partial charge in [0.15, 0.2) is 0 Å². The minimum Gasteiger partial charge on any atom is -0.306 e. The van der Waals surface area contributed by atoms with Crippen molar-refractivity contribution in [3.05, 3.63) is 224 Å². The van der Waals surface area contributed by atoms with Gasteiger partial charge in [0.2, 0.25) is 5.78 Å². The number of fused-ring (bicyclic) bond motifs is 15. The van der Waals surface area contributed by atoms with E-state index in [0.29, 0.717) is 0 Å². The van der Waals surface area contributed by atoms with Crippen LogP contribution in [0.25, 0.3) is 127 Å². The lowest BCUT2D eigenvalue weighted by Gasteiger charge is -2.18. The third-order valence-electron chi connectivity index (χ3n) is 13.9. The SMILES string of the molecule is c1ccc(-n2c3ccccc3n3c4ccc5c6ccccc6n(-c6ccccc6-c6cc(-n7c8ccccc8c8ccccc87)nc(-n7c8ccccc8c8ccccc87)c6)c5c4nc23)cc1. The van der Waals surface area contributed by atoms with Crippen molar-refractivity contribution in [3.8, 4) is 34.1 Å². The van der Waals surface area contributed by atoms with Gasteiger partial charge in [0.05, 0.1) is 55.3 Å². The molecule has 15 aromatic rings. The molecule has 0 amide bonds. The smallest absolute Gasteiger partial charge is 0.220 e. The van der Waals surface area contributed by atoms with Gasteiger partial charge in [-0.05, 0) is 90.5 Å². The molecular formula is C60H37N7. The van der Waals surface area contributed by atoms with E-state index in [9.17, 15) is 0 Å². The molecule has 0 saturated carbocycles. The first-order valence-electron chi connectivity index (χ1n) is 22.8. The zero-order valence-corrected chi connectivity index (χ0v) is 36.0. The predicted octanol–water partition coefficient (Wildman–Crippen LogP) is 14.8. The monoisotopic (exact) mass is 855 g/mol. The number of imidazole rings is 2. The highest BCUT2D eigenvalue weighted by Crippen LogP contribution is 2.42. The molecule has 0 saturated heterocycles. The van der Waals surface area contributed by atoms with Crippen LogP contribution >= 0.6 is 0 Å². The van der Waals surface area contributed by atoms with Crippen LogP contribution in [0.15, 0.2) is 224 Å². The molecule has 0 atom stereocenters. The maximum Gasteiger partial charge on any atom is 0.220 e. The summed E-state index contributed by atoms with van der Waals surface area (Å²) in [4.78, 5) is 11.3. The lowest BCUT2D eigenvalue weighted by Crippen LogP contribution is -2.05. The first-order chi connectivity index (χ1) is 33.3. The summed E-state index contributed by atoms with van der Waals surface area (Å²) in [6, 6.07) is 80.5. The third kappa shape index (κ3) is 4.99. The topological polar surface area (TPSA) is 49.9 Å². The van der Waals surface area contributed by atoms with E-state index in [1.165, 1.54) is 26.9 Å². The maximum atomic E-state index is 5.66. The molecule has 15 rings (SSSR count). The summed E-state index contributed by atoms with van der Waals surface area (Å²) in [7, 11) is 0. The zero-order valence-electron chi connectivity index (χ0n) is 36.0. The highest BCUT2D eigenvalue weighted by Gasteiger charge is 2.25. The fourth-order valence-corrected chi connectivity index (χ4v) is 11.1. The second-order valence-electron chi connectivity index (χ2n) is 17.4. The standard InChI is InChI=1S/C60H37N7/c1-2-18-39(19-3-1)63-53-32-16-17-33-54(53)67-55-35-34-46-45-25-9-15-31-52(45)66(59(46)58(55)62-60(63)67)47-26-10-4-20-40(47)38-36-56(64-48-27-11-5-21-41(48)42-22-6-12-28-49(42)64)61-57(37-38)65-50-29-13-7-23-43(50)44-24-8-14-30-51(44)65/h1-37H. The number of pyridine rings is 1. The second kappa shape index (κ2) is 13.7. The van der Waals surface area contributed by atoms with Gasteiger partial charge in [0.25, 0.3) is 0 Å². The molecule has 0 unspecified atom stereocenters. The van der Waals surface area contributed by atoms with Crippen LogP contribution in [-0.2, 0) is 0 Å². The average Bonchev–Trinajstić information content (AvgIpc) is 4.19. The number of rotatable bonds is 5.